The van der Waals surface area contributed by atoms with Crippen LogP contribution in [-0.2, 0) is 6.54 Å². The van der Waals surface area contributed by atoms with Crippen LogP contribution in [-0.4, -0.2) is 17.5 Å². The Labute approximate surface area is 130 Å². The molecule has 22 heavy (non-hydrogen) atoms. The van der Waals surface area contributed by atoms with E-state index < -0.39 is 0 Å². The smallest absolute Gasteiger partial charge is 0.255 e. The van der Waals surface area contributed by atoms with Gasteiger partial charge >= 0.3 is 0 Å². The number of hydrogen-bond acceptors (Lipinski definition) is 4. The predicted molar refractivity (Wildman–Crippen MR) is 86.9 cm³/mol. The maximum absolute atomic E-state index is 12.3. The zero-order valence-corrected chi connectivity index (χ0v) is 12.9. The second kappa shape index (κ2) is 7.56. The van der Waals surface area contributed by atoms with Crippen LogP contribution in [0.3, 0.4) is 0 Å². The van der Waals surface area contributed by atoms with Gasteiger partial charge in [0.05, 0.1) is 18.0 Å². The predicted octanol–water partition coefficient (Wildman–Crippen LogP) is 2.83. The second-order valence-electron chi connectivity index (χ2n) is 5.40. The first-order valence-corrected chi connectivity index (χ1v) is 7.28. The van der Waals surface area contributed by atoms with Crippen LogP contribution in [0.5, 0.6) is 5.75 Å². The number of amides is 1. The van der Waals surface area contributed by atoms with Crippen molar-refractivity contribution in [3.05, 3.63) is 53.9 Å². The van der Waals surface area contributed by atoms with Gasteiger partial charge in [0.15, 0.2) is 0 Å². The SMILES string of the molecule is CC(C)COc1ccccc1NC(=O)c1ccnc(CN)c1. The first kappa shape index (κ1) is 16.0. The van der Waals surface area contributed by atoms with Crippen LogP contribution >= 0.6 is 0 Å². The molecule has 5 nitrogen and oxygen atoms in total. The molecule has 116 valence electrons. The molecular formula is C17H21N3O2. The zero-order valence-electron chi connectivity index (χ0n) is 12.9. The average molecular weight is 299 g/mol. The number of pyridine rings is 1. The van der Waals surface area contributed by atoms with E-state index in [9.17, 15) is 4.79 Å². The van der Waals surface area contributed by atoms with E-state index in [1.165, 1.54) is 0 Å². The third-order valence-corrected chi connectivity index (χ3v) is 3.00. The summed E-state index contributed by atoms with van der Waals surface area (Å²) in [5.41, 5.74) is 7.40. The van der Waals surface area contributed by atoms with Gasteiger partial charge in [0.2, 0.25) is 0 Å². The highest BCUT2D eigenvalue weighted by Gasteiger charge is 2.11. The summed E-state index contributed by atoms with van der Waals surface area (Å²) in [6.45, 7) is 5.05. The largest absolute Gasteiger partial charge is 0.491 e. The quantitative estimate of drug-likeness (QED) is 0.860. The first-order chi connectivity index (χ1) is 10.6. The fourth-order valence-corrected chi connectivity index (χ4v) is 1.88. The minimum atomic E-state index is -0.210. The number of nitrogens with zero attached hydrogens (tertiary/aromatic N) is 1. The third kappa shape index (κ3) is 4.30. The number of carbonyl (C=O) groups excluding carboxylic acids is 1. The fraction of sp³-hybridized carbons (Fsp3) is 0.294. The summed E-state index contributed by atoms with van der Waals surface area (Å²) in [7, 11) is 0. The molecule has 0 aliphatic rings. The standard InChI is InChI=1S/C17H21N3O2/c1-12(2)11-22-16-6-4-3-5-15(16)20-17(21)13-7-8-19-14(9-13)10-18/h3-9,12H,10-11,18H2,1-2H3,(H,20,21). The van der Waals surface area contributed by atoms with Gasteiger partial charge in [-0.25, -0.2) is 0 Å². The number of nitrogens with one attached hydrogen (secondary N) is 1. The van der Waals surface area contributed by atoms with Gasteiger partial charge in [0.1, 0.15) is 5.75 Å². The lowest BCUT2D eigenvalue weighted by Crippen LogP contribution is -2.14. The molecule has 1 aromatic carbocycles. The molecule has 0 unspecified atom stereocenters. The number of carbonyl (C=O) groups is 1. The Morgan fingerprint density at radius 2 is 2.09 bits per heavy atom. The highest BCUT2D eigenvalue weighted by atomic mass is 16.5. The summed E-state index contributed by atoms with van der Waals surface area (Å²) in [5, 5.41) is 2.87. The van der Waals surface area contributed by atoms with Crippen LogP contribution < -0.4 is 15.8 Å². The summed E-state index contributed by atoms with van der Waals surface area (Å²) < 4.78 is 5.73. The number of nitrogens with two attached hydrogens (primary N) is 1. The van der Waals surface area contributed by atoms with E-state index in [1.807, 2.05) is 24.3 Å². The lowest BCUT2D eigenvalue weighted by atomic mass is 10.2. The zero-order chi connectivity index (χ0) is 15.9. The van der Waals surface area contributed by atoms with Gasteiger partial charge < -0.3 is 15.8 Å². The number of anilines is 1. The monoisotopic (exact) mass is 299 g/mol. The molecule has 1 heterocycles. The maximum atomic E-state index is 12.3. The van der Waals surface area contributed by atoms with Gasteiger partial charge in [0, 0.05) is 18.3 Å². The molecule has 0 radical (unpaired) electrons. The van der Waals surface area contributed by atoms with Crippen molar-refractivity contribution >= 4 is 11.6 Å². The van der Waals surface area contributed by atoms with Crippen LogP contribution in [0.25, 0.3) is 0 Å². The molecule has 1 amide bonds. The topological polar surface area (TPSA) is 77.2 Å². The third-order valence-electron chi connectivity index (χ3n) is 3.00. The summed E-state index contributed by atoms with van der Waals surface area (Å²) in [6, 6.07) is 10.7. The molecule has 5 heteroatoms. The first-order valence-electron chi connectivity index (χ1n) is 7.28. The Balaban J connectivity index is 2.14. The highest BCUT2D eigenvalue weighted by molar-refractivity contribution is 6.05. The van der Waals surface area contributed by atoms with Crippen molar-refractivity contribution in [3.63, 3.8) is 0 Å². The number of para-hydroxylation sites is 2. The minimum Gasteiger partial charge on any atom is -0.491 e. The summed E-state index contributed by atoms with van der Waals surface area (Å²) in [6.07, 6.45) is 1.58. The van der Waals surface area contributed by atoms with Crippen molar-refractivity contribution < 1.29 is 9.53 Å². The summed E-state index contributed by atoms with van der Waals surface area (Å²) in [4.78, 5) is 16.4. The molecule has 0 atom stereocenters. The number of aromatic nitrogens is 1. The second-order valence-corrected chi connectivity index (χ2v) is 5.40. The Morgan fingerprint density at radius 1 is 1.32 bits per heavy atom. The maximum Gasteiger partial charge on any atom is 0.255 e. The van der Waals surface area contributed by atoms with Crippen molar-refractivity contribution in [2.45, 2.75) is 20.4 Å². The Bertz CT molecular complexity index is 641. The van der Waals surface area contributed by atoms with Crippen LogP contribution in [0, 0.1) is 5.92 Å². The van der Waals surface area contributed by atoms with E-state index in [0.717, 1.165) is 0 Å². The normalized spacial score (nSPS) is 10.5. The summed E-state index contributed by atoms with van der Waals surface area (Å²) >= 11 is 0. The Kier molecular flexibility index (Phi) is 5.49. The molecule has 2 rings (SSSR count). The van der Waals surface area contributed by atoms with E-state index >= 15 is 0 Å². The minimum absolute atomic E-state index is 0.210. The molecule has 0 saturated carbocycles. The lowest BCUT2D eigenvalue weighted by molar-refractivity contribution is 0.102. The molecule has 0 fully saturated rings. The highest BCUT2D eigenvalue weighted by Crippen LogP contribution is 2.24. The van der Waals surface area contributed by atoms with Crippen molar-refractivity contribution in [2.75, 3.05) is 11.9 Å². The molecular weight excluding hydrogens is 278 g/mol. The molecule has 1 aromatic heterocycles. The van der Waals surface area contributed by atoms with Crippen LogP contribution in [0.15, 0.2) is 42.6 Å². The van der Waals surface area contributed by atoms with E-state index in [0.29, 0.717) is 41.8 Å². The lowest BCUT2D eigenvalue weighted by Gasteiger charge is -2.14. The van der Waals surface area contributed by atoms with Gasteiger partial charge in [-0.05, 0) is 30.2 Å². The number of hydrogen-bond donors (Lipinski definition) is 2. The molecule has 0 aliphatic heterocycles. The van der Waals surface area contributed by atoms with Crippen molar-refractivity contribution in [1.82, 2.24) is 4.98 Å². The molecule has 3 N–H and O–H groups in total. The van der Waals surface area contributed by atoms with Crippen LogP contribution in [0.4, 0.5) is 5.69 Å². The van der Waals surface area contributed by atoms with E-state index in [4.69, 9.17) is 10.5 Å². The van der Waals surface area contributed by atoms with Crippen LogP contribution in [0.1, 0.15) is 29.9 Å². The van der Waals surface area contributed by atoms with Crippen molar-refractivity contribution in [2.24, 2.45) is 11.7 Å². The van der Waals surface area contributed by atoms with E-state index in [1.54, 1.807) is 18.3 Å². The van der Waals surface area contributed by atoms with Crippen molar-refractivity contribution in [1.29, 1.82) is 0 Å². The molecule has 2 aromatic rings. The Morgan fingerprint density at radius 3 is 2.82 bits per heavy atom. The molecule has 0 saturated heterocycles. The number of ether oxygens (including phenoxy) is 1. The van der Waals surface area contributed by atoms with Gasteiger partial charge in [-0.15, -0.1) is 0 Å². The van der Waals surface area contributed by atoms with Crippen molar-refractivity contribution in [3.8, 4) is 5.75 Å². The fourth-order valence-electron chi connectivity index (χ4n) is 1.88. The van der Waals surface area contributed by atoms with E-state index in [-0.39, 0.29) is 5.91 Å². The molecule has 0 bridgehead atoms. The number of rotatable bonds is 6. The van der Waals surface area contributed by atoms with Gasteiger partial charge in [-0.2, -0.15) is 0 Å². The van der Waals surface area contributed by atoms with Gasteiger partial charge in [-0.1, -0.05) is 26.0 Å². The van der Waals surface area contributed by atoms with Gasteiger partial charge in [-0.3, -0.25) is 9.78 Å². The molecule has 0 aliphatic carbocycles. The Hall–Kier alpha value is -2.40. The molecule has 0 spiro atoms. The number of benzene rings is 1. The summed E-state index contributed by atoms with van der Waals surface area (Å²) in [5.74, 6) is 0.867. The van der Waals surface area contributed by atoms with E-state index in [2.05, 4.69) is 24.1 Å². The average Bonchev–Trinajstić information content (AvgIpc) is 2.54. The van der Waals surface area contributed by atoms with Gasteiger partial charge in [0.25, 0.3) is 5.91 Å². The van der Waals surface area contributed by atoms with Crippen LogP contribution in [0.2, 0.25) is 0 Å².